The molecular weight excluding hydrogens is 142 g/mol. The Labute approximate surface area is 63.7 Å². The van der Waals surface area contributed by atoms with Crippen molar-refractivity contribution in [1.82, 2.24) is 15.4 Å². The summed E-state index contributed by atoms with van der Waals surface area (Å²) in [6.07, 6.45) is 3.87. The fourth-order valence-electron chi connectivity index (χ4n) is 0.791. The van der Waals surface area contributed by atoms with E-state index < -0.39 is 0 Å². The molecule has 0 aliphatic heterocycles. The summed E-state index contributed by atoms with van der Waals surface area (Å²) >= 11 is 0. The summed E-state index contributed by atoms with van der Waals surface area (Å²) in [4.78, 5) is 4.20. The number of rotatable bonds is 2. The van der Waals surface area contributed by atoms with Gasteiger partial charge in [-0.05, 0) is 12.8 Å². The minimum absolute atomic E-state index is 0.437. The number of aliphatic imine (C=N–C) groups is 1. The molecule has 1 aromatic rings. The zero-order chi connectivity index (χ0) is 7.68. The van der Waals surface area contributed by atoms with Crippen molar-refractivity contribution in [3.63, 3.8) is 0 Å². The van der Waals surface area contributed by atoms with Crippen LogP contribution in [0.3, 0.4) is 0 Å². The lowest BCUT2D eigenvalue weighted by Gasteiger charge is -1.91. The quantitative estimate of drug-likeness (QED) is 0.448. The molecule has 1 saturated carbocycles. The molecule has 0 radical (unpaired) electrons. The van der Waals surface area contributed by atoms with Gasteiger partial charge in [-0.2, -0.15) is 15.4 Å². The predicted molar refractivity (Wildman–Crippen MR) is 40.1 cm³/mol. The van der Waals surface area contributed by atoms with E-state index in [4.69, 9.17) is 5.73 Å². The van der Waals surface area contributed by atoms with Crippen molar-refractivity contribution in [2.24, 2.45) is 10.7 Å². The molecule has 0 atom stereocenters. The van der Waals surface area contributed by atoms with E-state index in [2.05, 4.69) is 20.4 Å². The van der Waals surface area contributed by atoms with Gasteiger partial charge in [0.15, 0.2) is 0 Å². The van der Waals surface area contributed by atoms with Crippen LogP contribution in [-0.4, -0.2) is 27.3 Å². The Hall–Kier alpha value is -1.39. The molecule has 3 N–H and O–H groups in total. The Kier molecular flexibility index (Phi) is 1.34. The SMILES string of the molecule is NC(=NC1CC1)c1cn[nH]n1. The summed E-state index contributed by atoms with van der Waals surface area (Å²) in [6.45, 7) is 0. The van der Waals surface area contributed by atoms with Crippen LogP contribution in [0.1, 0.15) is 18.5 Å². The van der Waals surface area contributed by atoms with Gasteiger partial charge in [-0.15, -0.1) is 0 Å². The maximum atomic E-state index is 5.61. The number of aromatic nitrogens is 3. The van der Waals surface area contributed by atoms with Gasteiger partial charge in [0.25, 0.3) is 0 Å². The number of amidine groups is 1. The zero-order valence-electron chi connectivity index (χ0n) is 5.99. The molecule has 1 heterocycles. The summed E-state index contributed by atoms with van der Waals surface area (Å²) in [5.41, 5.74) is 6.24. The fourth-order valence-corrected chi connectivity index (χ4v) is 0.791. The highest BCUT2D eigenvalue weighted by Crippen LogP contribution is 2.23. The van der Waals surface area contributed by atoms with E-state index in [1.54, 1.807) is 6.20 Å². The molecule has 1 aliphatic carbocycles. The molecule has 1 aromatic heterocycles. The van der Waals surface area contributed by atoms with Crippen molar-refractivity contribution in [2.75, 3.05) is 0 Å². The lowest BCUT2D eigenvalue weighted by atomic mass is 10.4. The van der Waals surface area contributed by atoms with Crippen molar-refractivity contribution in [3.05, 3.63) is 11.9 Å². The summed E-state index contributed by atoms with van der Waals surface area (Å²) in [6, 6.07) is 0.437. The third kappa shape index (κ3) is 1.36. The third-order valence-corrected chi connectivity index (χ3v) is 1.55. The van der Waals surface area contributed by atoms with Gasteiger partial charge in [-0.1, -0.05) is 0 Å². The molecule has 0 bridgehead atoms. The van der Waals surface area contributed by atoms with E-state index in [-0.39, 0.29) is 0 Å². The summed E-state index contributed by atoms with van der Waals surface area (Å²) in [7, 11) is 0. The van der Waals surface area contributed by atoms with Gasteiger partial charge in [-0.25, -0.2) is 0 Å². The van der Waals surface area contributed by atoms with Crippen LogP contribution < -0.4 is 5.73 Å². The van der Waals surface area contributed by atoms with E-state index in [1.165, 1.54) is 0 Å². The maximum Gasteiger partial charge on any atom is 0.148 e. The second-order valence-corrected chi connectivity index (χ2v) is 2.60. The first-order chi connectivity index (χ1) is 5.36. The van der Waals surface area contributed by atoms with E-state index >= 15 is 0 Å². The summed E-state index contributed by atoms with van der Waals surface area (Å²) in [5.74, 6) is 0.487. The molecule has 0 unspecified atom stereocenters. The van der Waals surface area contributed by atoms with Gasteiger partial charge in [-0.3, -0.25) is 4.99 Å². The molecule has 58 valence electrons. The van der Waals surface area contributed by atoms with Crippen LogP contribution in [0.15, 0.2) is 11.2 Å². The second-order valence-electron chi connectivity index (χ2n) is 2.60. The lowest BCUT2D eigenvalue weighted by molar-refractivity contribution is 0.935. The highest BCUT2D eigenvalue weighted by Gasteiger charge is 2.20. The third-order valence-electron chi connectivity index (χ3n) is 1.55. The van der Waals surface area contributed by atoms with Crippen molar-refractivity contribution >= 4 is 5.84 Å². The van der Waals surface area contributed by atoms with Crippen LogP contribution in [0.2, 0.25) is 0 Å². The van der Waals surface area contributed by atoms with Gasteiger partial charge in [0.2, 0.25) is 0 Å². The molecule has 0 amide bonds. The molecule has 1 aliphatic rings. The number of aromatic amines is 1. The van der Waals surface area contributed by atoms with Gasteiger partial charge in [0.05, 0.1) is 12.2 Å². The fraction of sp³-hybridized carbons (Fsp3) is 0.500. The second kappa shape index (κ2) is 2.34. The minimum atomic E-state index is 0.437. The highest BCUT2D eigenvalue weighted by atomic mass is 15.3. The summed E-state index contributed by atoms with van der Waals surface area (Å²) in [5, 5.41) is 9.92. The topological polar surface area (TPSA) is 80.0 Å². The Morgan fingerprint density at radius 3 is 3.09 bits per heavy atom. The van der Waals surface area contributed by atoms with Crippen molar-refractivity contribution < 1.29 is 0 Å². The molecule has 2 rings (SSSR count). The lowest BCUT2D eigenvalue weighted by Crippen LogP contribution is -2.14. The first-order valence-corrected chi connectivity index (χ1v) is 3.55. The van der Waals surface area contributed by atoms with Crippen molar-refractivity contribution in [2.45, 2.75) is 18.9 Å². The zero-order valence-corrected chi connectivity index (χ0v) is 5.99. The number of hydrogen-bond donors (Lipinski definition) is 2. The number of nitrogens with two attached hydrogens (primary N) is 1. The van der Waals surface area contributed by atoms with Gasteiger partial charge in [0.1, 0.15) is 11.5 Å². The van der Waals surface area contributed by atoms with Crippen LogP contribution in [0.4, 0.5) is 0 Å². The van der Waals surface area contributed by atoms with E-state index in [9.17, 15) is 0 Å². The van der Waals surface area contributed by atoms with Gasteiger partial charge in [0, 0.05) is 0 Å². The molecule has 1 fully saturated rings. The van der Waals surface area contributed by atoms with E-state index in [0.29, 0.717) is 17.6 Å². The Bertz CT molecular complexity index is 259. The van der Waals surface area contributed by atoms with Crippen LogP contribution >= 0.6 is 0 Å². The molecule has 0 saturated heterocycles. The largest absolute Gasteiger partial charge is 0.382 e. The van der Waals surface area contributed by atoms with Crippen LogP contribution in [0.25, 0.3) is 0 Å². The molecule has 0 spiro atoms. The smallest absolute Gasteiger partial charge is 0.148 e. The molecule has 0 aromatic carbocycles. The van der Waals surface area contributed by atoms with Crippen LogP contribution in [0.5, 0.6) is 0 Å². The van der Waals surface area contributed by atoms with E-state index in [0.717, 1.165) is 12.8 Å². The first-order valence-electron chi connectivity index (χ1n) is 3.55. The first kappa shape index (κ1) is 6.33. The number of nitrogens with zero attached hydrogens (tertiary/aromatic N) is 3. The van der Waals surface area contributed by atoms with Gasteiger partial charge < -0.3 is 5.73 Å². The number of nitrogens with one attached hydrogen (secondary N) is 1. The average Bonchev–Trinajstić information content (AvgIpc) is 2.67. The number of hydrogen-bond acceptors (Lipinski definition) is 3. The Balaban J connectivity index is 2.15. The van der Waals surface area contributed by atoms with Gasteiger partial charge >= 0.3 is 0 Å². The van der Waals surface area contributed by atoms with E-state index in [1.807, 2.05) is 0 Å². The van der Waals surface area contributed by atoms with Crippen molar-refractivity contribution in [1.29, 1.82) is 0 Å². The van der Waals surface area contributed by atoms with Crippen LogP contribution in [0, 0.1) is 0 Å². The maximum absolute atomic E-state index is 5.61. The molecule has 5 nitrogen and oxygen atoms in total. The molecule has 5 heteroatoms. The molecule has 11 heavy (non-hydrogen) atoms. The minimum Gasteiger partial charge on any atom is -0.382 e. The predicted octanol–water partition coefficient (Wildman–Crippen LogP) is -0.328. The standard InChI is InChI=1S/C6H9N5/c7-6(9-4-1-2-4)5-3-8-11-10-5/h3-4H,1-2H2,(H2,7,9)(H,8,10,11). The summed E-state index contributed by atoms with van der Waals surface area (Å²) < 4.78 is 0. The monoisotopic (exact) mass is 151 g/mol. The number of H-pyrrole nitrogens is 1. The van der Waals surface area contributed by atoms with Crippen molar-refractivity contribution in [3.8, 4) is 0 Å². The molecular formula is C6H9N5. The Morgan fingerprint density at radius 1 is 1.73 bits per heavy atom. The van der Waals surface area contributed by atoms with Crippen LogP contribution in [-0.2, 0) is 0 Å². The normalized spacial score (nSPS) is 18.7. The average molecular weight is 151 g/mol. The highest BCUT2D eigenvalue weighted by molar-refractivity contribution is 5.95. The Morgan fingerprint density at radius 2 is 2.55 bits per heavy atom.